The van der Waals surface area contributed by atoms with Crippen LogP contribution in [-0.2, 0) is 16.9 Å². The Balaban J connectivity index is 2.05. The van der Waals surface area contributed by atoms with Crippen molar-refractivity contribution in [1.29, 1.82) is 0 Å². The lowest BCUT2D eigenvalue weighted by Gasteiger charge is -2.37. The van der Waals surface area contributed by atoms with Gasteiger partial charge in [-0.15, -0.1) is 0 Å². The number of nitrogens with one attached hydrogen (secondary N) is 1. The molecule has 1 aromatic heterocycles. The summed E-state index contributed by atoms with van der Waals surface area (Å²) in [7, 11) is 1.71. The second-order valence-corrected chi connectivity index (χ2v) is 3.84. The molecule has 0 saturated heterocycles. The molecule has 0 radical (unpaired) electrons. The highest BCUT2D eigenvalue weighted by Gasteiger charge is 2.43. The SMILES string of the molecule is CCNCc1nc(C2(OC)CCC2)no1. The Morgan fingerprint density at radius 3 is 2.87 bits per heavy atom. The third-order valence-corrected chi connectivity index (χ3v) is 2.95. The molecule has 0 aromatic carbocycles. The topological polar surface area (TPSA) is 60.2 Å². The predicted molar refractivity (Wildman–Crippen MR) is 54.2 cm³/mol. The van der Waals surface area contributed by atoms with Gasteiger partial charge in [0.15, 0.2) is 0 Å². The maximum Gasteiger partial charge on any atom is 0.240 e. The number of aromatic nitrogens is 2. The fourth-order valence-electron chi connectivity index (χ4n) is 1.76. The van der Waals surface area contributed by atoms with E-state index in [9.17, 15) is 0 Å². The van der Waals surface area contributed by atoms with Gasteiger partial charge in [0.1, 0.15) is 5.60 Å². The zero-order valence-electron chi connectivity index (χ0n) is 9.25. The van der Waals surface area contributed by atoms with Crippen LogP contribution in [0.3, 0.4) is 0 Å². The van der Waals surface area contributed by atoms with Gasteiger partial charge < -0.3 is 14.6 Å². The van der Waals surface area contributed by atoms with Crippen molar-refractivity contribution in [2.24, 2.45) is 0 Å². The standard InChI is InChI=1S/C10H17N3O2/c1-3-11-7-8-12-9(13-15-8)10(14-2)5-4-6-10/h11H,3-7H2,1-2H3. The Morgan fingerprint density at radius 2 is 2.33 bits per heavy atom. The maximum atomic E-state index is 5.47. The summed E-state index contributed by atoms with van der Waals surface area (Å²) in [5.74, 6) is 1.33. The molecule has 1 aromatic rings. The number of hydrogen-bond acceptors (Lipinski definition) is 5. The number of rotatable bonds is 5. The first-order valence-electron chi connectivity index (χ1n) is 5.39. The lowest BCUT2D eigenvalue weighted by atomic mass is 9.79. The summed E-state index contributed by atoms with van der Waals surface area (Å²) in [5.41, 5.74) is -0.270. The molecule has 84 valence electrons. The molecule has 1 N–H and O–H groups in total. The van der Waals surface area contributed by atoms with E-state index in [2.05, 4.69) is 15.5 Å². The number of hydrogen-bond donors (Lipinski definition) is 1. The fraction of sp³-hybridized carbons (Fsp3) is 0.800. The molecular weight excluding hydrogens is 194 g/mol. The molecule has 15 heavy (non-hydrogen) atoms. The number of ether oxygens (including phenoxy) is 1. The highest BCUT2D eigenvalue weighted by molar-refractivity contribution is 5.06. The largest absolute Gasteiger partial charge is 0.370 e. The molecule has 5 heteroatoms. The van der Waals surface area contributed by atoms with Gasteiger partial charge in [-0.2, -0.15) is 4.98 Å². The van der Waals surface area contributed by atoms with Crippen LogP contribution < -0.4 is 5.32 Å². The molecule has 0 unspecified atom stereocenters. The Morgan fingerprint density at radius 1 is 1.53 bits per heavy atom. The summed E-state index contributed by atoms with van der Waals surface area (Å²) in [6.07, 6.45) is 3.15. The minimum atomic E-state index is -0.270. The third-order valence-electron chi connectivity index (χ3n) is 2.95. The van der Waals surface area contributed by atoms with Crippen LogP contribution in [0, 0.1) is 0 Å². The van der Waals surface area contributed by atoms with Gasteiger partial charge in [-0.05, 0) is 25.8 Å². The molecule has 0 aliphatic heterocycles. The summed E-state index contributed by atoms with van der Waals surface area (Å²) in [6.45, 7) is 3.57. The Bertz CT molecular complexity index is 315. The van der Waals surface area contributed by atoms with Crippen LogP contribution in [0.1, 0.15) is 37.9 Å². The van der Waals surface area contributed by atoms with E-state index in [0.717, 1.165) is 19.4 Å². The molecule has 1 aliphatic rings. The van der Waals surface area contributed by atoms with Crippen molar-refractivity contribution in [3.63, 3.8) is 0 Å². The fourth-order valence-corrected chi connectivity index (χ4v) is 1.76. The quantitative estimate of drug-likeness (QED) is 0.793. The lowest BCUT2D eigenvalue weighted by Crippen LogP contribution is -2.37. The summed E-state index contributed by atoms with van der Waals surface area (Å²) in [5, 5.41) is 7.13. The number of methoxy groups -OCH3 is 1. The van der Waals surface area contributed by atoms with E-state index in [1.807, 2.05) is 6.92 Å². The van der Waals surface area contributed by atoms with Crippen molar-refractivity contribution in [2.75, 3.05) is 13.7 Å². The summed E-state index contributed by atoms with van der Waals surface area (Å²) in [4.78, 5) is 4.35. The van der Waals surface area contributed by atoms with Gasteiger partial charge in [0.25, 0.3) is 0 Å². The third kappa shape index (κ3) is 1.89. The second kappa shape index (κ2) is 4.28. The van der Waals surface area contributed by atoms with Gasteiger partial charge in [-0.25, -0.2) is 0 Å². The average molecular weight is 211 g/mol. The highest BCUT2D eigenvalue weighted by Crippen LogP contribution is 2.42. The smallest absolute Gasteiger partial charge is 0.240 e. The second-order valence-electron chi connectivity index (χ2n) is 3.84. The van der Waals surface area contributed by atoms with Crippen molar-refractivity contribution in [1.82, 2.24) is 15.5 Å². The highest BCUT2D eigenvalue weighted by atomic mass is 16.5. The molecule has 1 aliphatic carbocycles. The Kier molecular flexibility index (Phi) is 3.02. The van der Waals surface area contributed by atoms with Crippen LogP contribution >= 0.6 is 0 Å². The van der Waals surface area contributed by atoms with Crippen LogP contribution in [0.4, 0.5) is 0 Å². The van der Waals surface area contributed by atoms with Crippen LogP contribution in [0.2, 0.25) is 0 Å². The molecule has 1 heterocycles. The number of nitrogens with zero attached hydrogens (tertiary/aromatic N) is 2. The molecule has 1 fully saturated rings. The predicted octanol–water partition coefficient (Wildman–Crippen LogP) is 1.20. The Labute approximate surface area is 89.2 Å². The first-order chi connectivity index (χ1) is 7.30. The van der Waals surface area contributed by atoms with Gasteiger partial charge in [0.05, 0.1) is 6.54 Å². The van der Waals surface area contributed by atoms with Gasteiger partial charge in [0.2, 0.25) is 11.7 Å². The molecule has 5 nitrogen and oxygen atoms in total. The molecule has 0 spiro atoms. The van der Waals surface area contributed by atoms with Crippen LogP contribution in [0.15, 0.2) is 4.52 Å². The Hall–Kier alpha value is -0.940. The van der Waals surface area contributed by atoms with E-state index in [-0.39, 0.29) is 5.60 Å². The van der Waals surface area contributed by atoms with Crippen molar-refractivity contribution in [2.45, 2.75) is 38.3 Å². The van der Waals surface area contributed by atoms with Crippen LogP contribution in [-0.4, -0.2) is 23.8 Å². The first-order valence-corrected chi connectivity index (χ1v) is 5.39. The normalized spacial score (nSPS) is 18.8. The molecule has 1 saturated carbocycles. The maximum absolute atomic E-state index is 5.47. The van der Waals surface area contributed by atoms with Crippen molar-refractivity contribution < 1.29 is 9.26 Å². The molecule has 0 amide bonds. The van der Waals surface area contributed by atoms with E-state index >= 15 is 0 Å². The minimum Gasteiger partial charge on any atom is -0.370 e. The van der Waals surface area contributed by atoms with Crippen LogP contribution in [0.25, 0.3) is 0 Å². The van der Waals surface area contributed by atoms with Crippen molar-refractivity contribution >= 4 is 0 Å². The van der Waals surface area contributed by atoms with E-state index < -0.39 is 0 Å². The van der Waals surface area contributed by atoms with Crippen molar-refractivity contribution in [3.05, 3.63) is 11.7 Å². The summed E-state index contributed by atoms with van der Waals surface area (Å²) in [6, 6.07) is 0. The average Bonchev–Trinajstić information content (AvgIpc) is 2.63. The van der Waals surface area contributed by atoms with Gasteiger partial charge in [-0.3, -0.25) is 0 Å². The molecule has 0 atom stereocenters. The summed E-state index contributed by atoms with van der Waals surface area (Å²) >= 11 is 0. The first kappa shape index (κ1) is 10.6. The van der Waals surface area contributed by atoms with E-state index in [1.54, 1.807) is 7.11 Å². The monoisotopic (exact) mass is 211 g/mol. The zero-order valence-corrected chi connectivity index (χ0v) is 9.25. The van der Waals surface area contributed by atoms with Crippen molar-refractivity contribution in [3.8, 4) is 0 Å². The zero-order chi connectivity index (χ0) is 10.7. The van der Waals surface area contributed by atoms with Gasteiger partial charge in [-0.1, -0.05) is 12.1 Å². The molecule has 2 rings (SSSR count). The summed E-state index contributed by atoms with van der Waals surface area (Å²) < 4.78 is 10.6. The van der Waals surface area contributed by atoms with E-state index in [1.165, 1.54) is 6.42 Å². The van der Waals surface area contributed by atoms with E-state index in [0.29, 0.717) is 18.3 Å². The molecule has 0 bridgehead atoms. The van der Waals surface area contributed by atoms with Gasteiger partial charge >= 0.3 is 0 Å². The van der Waals surface area contributed by atoms with Crippen LogP contribution in [0.5, 0.6) is 0 Å². The molecular formula is C10H17N3O2. The van der Waals surface area contributed by atoms with E-state index in [4.69, 9.17) is 9.26 Å². The lowest BCUT2D eigenvalue weighted by molar-refractivity contribution is -0.0858. The minimum absolute atomic E-state index is 0.270. The van der Waals surface area contributed by atoms with Gasteiger partial charge in [0, 0.05) is 7.11 Å².